The Bertz CT molecular complexity index is 737. The first-order valence-electron chi connectivity index (χ1n) is 7.94. The highest BCUT2D eigenvalue weighted by molar-refractivity contribution is 5.97. The van der Waals surface area contributed by atoms with E-state index in [4.69, 9.17) is 0 Å². The zero-order valence-electron chi connectivity index (χ0n) is 12.2. The van der Waals surface area contributed by atoms with Crippen LogP contribution in [0.4, 0.5) is 0 Å². The van der Waals surface area contributed by atoms with Crippen LogP contribution in [-0.2, 0) is 0 Å². The minimum absolute atomic E-state index is 0.668. The second-order valence-corrected chi connectivity index (χ2v) is 6.04. The van der Waals surface area contributed by atoms with Gasteiger partial charge in [0.1, 0.15) is 0 Å². The molecule has 0 saturated heterocycles. The Balaban J connectivity index is 1.92. The van der Waals surface area contributed by atoms with E-state index in [9.17, 15) is 0 Å². The summed E-state index contributed by atoms with van der Waals surface area (Å²) >= 11 is 0. The minimum Gasteiger partial charge on any atom is -0.358 e. The van der Waals surface area contributed by atoms with Crippen molar-refractivity contribution in [3.63, 3.8) is 0 Å². The lowest BCUT2D eigenvalue weighted by Gasteiger charge is -2.22. The highest BCUT2D eigenvalue weighted by atomic mass is 14.8. The van der Waals surface area contributed by atoms with Gasteiger partial charge in [0.2, 0.25) is 0 Å². The van der Waals surface area contributed by atoms with Crippen LogP contribution in [0.15, 0.2) is 48.8 Å². The van der Waals surface area contributed by atoms with Crippen LogP contribution in [0, 0.1) is 0 Å². The maximum absolute atomic E-state index is 4.34. The van der Waals surface area contributed by atoms with Crippen LogP contribution >= 0.6 is 0 Å². The Kier molecular flexibility index (Phi) is 3.23. The molecular formula is C19H20N2. The normalized spacial score (nSPS) is 16.4. The number of hydrogen-bond acceptors (Lipinski definition) is 1. The summed E-state index contributed by atoms with van der Waals surface area (Å²) < 4.78 is 0. The summed E-state index contributed by atoms with van der Waals surface area (Å²) in [6.07, 6.45) is 10.6. The van der Waals surface area contributed by atoms with Gasteiger partial charge in [-0.05, 0) is 30.4 Å². The predicted octanol–water partition coefficient (Wildman–Crippen LogP) is 5.28. The Hall–Kier alpha value is -2.09. The molecule has 2 heterocycles. The largest absolute Gasteiger partial charge is 0.358 e. The topological polar surface area (TPSA) is 28.7 Å². The number of benzene rings is 1. The van der Waals surface area contributed by atoms with E-state index in [1.54, 1.807) is 0 Å². The molecule has 2 aromatic heterocycles. The van der Waals surface area contributed by atoms with E-state index >= 15 is 0 Å². The molecule has 0 spiro atoms. The number of fused-ring (bicyclic) bond motifs is 1. The van der Waals surface area contributed by atoms with Gasteiger partial charge in [0, 0.05) is 34.6 Å². The van der Waals surface area contributed by atoms with E-state index < -0.39 is 0 Å². The van der Waals surface area contributed by atoms with E-state index in [0.29, 0.717) is 5.92 Å². The highest BCUT2D eigenvalue weighted by Gasteiger charge is 2.22. The van der Waals surface area contributed by atoms with E-state index in [1.165, 1.54) is 59.8 Å². The van der Waals surface area contributed by atoms with Crippen molar-refractivity contribution in [2.45, 2.75) is 38.0 Å². The average Bonchev–Trinajstić information content (AvgIpc) is 2.96. The van der Waals surface area contributed by atoms with Crippen molar-refractivity contribution < 1.29 is 0 Å². The van der Waals surface area contributed by atoms with Crippen LogP contribution in [0.1, 0.15) is 43.7 Å². The first kappa shape index (κ1) is 12.6. The lowest BCUT2D eigenvalue weighted by molar-refractivity contribution is 0.439. The SMILES string of the molecule is c1ccc(-c2c(C3CCCCC3)[nH]c3ccncc23)cc1. The maximum Gasteiger partial charge on any atom is 0.0493 e. The fourth-order valence-electron chi connectivity index (χ4n) is 3.67. The molecule has 1 aliphatic carbocycles. The maximum atomic E-state index is 4.34. The minimum atomic E-state index is 0.668. The van der Waals surface area contributed by atoms with Gasteiger partial charge in [-0.3, -0.25) is 4.98 Å². The van der Waals surface area contributed by atoms with E-state index in [-0.39, 0.29) is 0 Å². The van der Waals surface area contributed by atoms with Crippen molar-refractivity contribution >= 4 is 10.9 Å². The lowest BCUT2D eigenvalue weighted by Crippen LogP contribution is -2.06. The van der Waals surface area contributed by atoms with Gasteiger partial charge < -0.3 is 4.98 Å². The molecule has 0 aliphatic heterocycles. The lowest BCUT2D eigenvalue weighted by atomic mass is 9.84. The Morgan fingerprint density at radius 2 is 1.76 bits per heavy atom. The van der Waals surface area contributed by atoms with Crippen LogP contribution in [0.5, 0.6) is 0 Å². The number of aromatic nitrogens is 2. The number of pyridine rings is 1. The van der Waals surface area contributed by atoms with Crippen LogP contribution < -0.4 is 0 Å². The van der Waals surface area contributed by atoms with Crippen molar-refractivity contribution in [2.24, 2.45) is 0 Å². The standard InChI is InChI=1S/C19H20N2/c1-3-7-14(8-4-1)18-16-13-20-12-11-17(16)21-19(18)15-9-5-2-6-10-15/h1,3-4,7-8,11-13,15,21H,2,5-6,9-10H2. The number of rotatable bonds is 2. The number of hydrogen-bond donors (Lipinski definition) is 1. The van der Waals surface area contributed by atoms with E-state index in [1.807, 2.05) is 12.4 Å². The molecule has 0 atom stereocenters. The summed E-state index contributed by atoms with van der Waals surface area (Å²) in [5, 5.41) is 1.25. The van der Waals surface area contributed by atoms with Gasteiger partial charge in [-0.15, -0.1) is 0 Å². The third kappa shape index (κ3) is 2.25. The monoisotopic (exact) mass is 276 g/mol. The number of nitrogens with zero attached hydrogens (tertiary/aromatic N) is 1. The Labute approximate surface area is 125 Å². The van der Waals surface area contributed by atoms with Crippen LogP contribution in [0.2, 0.25) is 0 Å². The Morgan fingerprint density at radius 3 is 2.57 bits per heavy atom. The molecule has 21 heavy (non-hydrogen) atoms. The smallest absolute Gasteiger partial charge is 0.0493 e. The van der Waals surface area contributed by atoms with Gasteiger partial charge in [0.25, 0.3) is 0 Å². The molecule has 2 nitrogen and oxygen atoms in total. The van der Waals surface area contributed by atoms with Crippen LogP contribution in [0.25, 0.3) is 22.0 Å². The predicted molar refractivity (Wildman–Crippen MR) is 87.4 cm³/mol. The van der Waals surface area contributed by atoms with E-state index in [2.05, 4.69) is 46.4 Å². The summed E-state index contributed by atoms with van der Waals surface area (Å²) in [6, 6.07) is 12.8. The fraction of sp³-hybridized carbons (Fsp3) is 0.316. The molecule has 0 radical (unpaired) electrons. The molecule has 2 heteroatoms. The quantitative estimate of drug-likeness (QED) is 0.678. The van der Waals surface area contributed by atoms with Crippen LogP contribution in [0.3, 0.4) is 0 Å². The molecule has 0 bridgehead atoms. The molecule has 3 aromatic rings. The van der Waals surface area contributed by atoms with Crippen LogP contribution in [-0.4, -0.2) is 9.97 Å². The second-order valence-electron chi connectivity index (χ2n) is 6.04. The first-order chi connectivity index (χ1) is 10.4. The molecule has 1 aliphatic rings. The molecule has 1 fully saturated rings. The van der Waals surface area contributed by atoms with Crippen molar-refractivity contribution in [2.75, 3.05) is 0 Å². The van der Waals surface area contributed by atoms with Gasteiger partial charge in [0.15, 0.2) is 0 Å². The average molecular weight is 276 g/mol. The van der Waals surface area contributed by atoms with Gasteiger partial charge in [-0.2, -0.15) is 0 Å². The molecule has 0 amide bonds. The molecule has 1 aromatic carbocycles. The summed E-state index contributed by atoms with van der Waals surface area (Å²) in [6.45, 7) is 0. The second kappa shape index (κ2) is 5.36. The number of H-pyrrole nitrogens is 1. The van der Waals surface area contributed by atoms with Gasteiger partial charge in [-0.1, -0.05) is 49.6 Å². The number of aromatic amines is 1. The molecule has 106 valence electrons. The molecule has 1 N–H and O–H groups in total. The molecule has 1 saturated carbocycles. The number of nitrogens with one attached hydrogen (secondary N) is 1. The molecular weight excluding hydrogens is 256 g/mol. The van der Waals surface area contributed by atoms with Gasteiger partial charge in [-0.25, -0.2) is 0 Å². The summed E-state index contributed by atoms with van der Waals surface area (Å²) in [5.41, 5.74) is 5.30. The third-order valence-corrected chi connectivity index (χ3v) is 4.70. The van der Waals surface area contributed by atoms with Crippen molar-refractivity contribution in [1.82, 2.24) is 9.97 Å². The first-order valence-corrected chi connectivity index (χ1v) is 7.94. The van der Waals surface area contributed by atoms with Crippen molar-refractivity contribution in [1.29, 1.82) is 0 Å². The molecule has 4 rings (SSSR count). The van der Waals surface area contributed by atoms with Crippen molar-refractivity contribution in [3.05, 3.63) is 54.5 Å². The Morgan fingerprint density at radius 1 is 0.952 bits per heavy atom. The third-order valence-electron chi connectivity index (χ3n) is 4.70. The van der Waals surface area contributed by atoms with E-state index in [0.717, 1.165) is 0 Å². The zero-order chi connectivity index (χ0) is 14.1. The summed E-state index contributed by atoms with van der Waals surface area (Å²) in [7, 11) is 0. The summed E-state index contributed by atoms with van der Waals surface area (Å²) in [5.74, 6) is 0.668. The zero-order valence-corrected chi connectivity index (χ0v) is 12.2. The van der Waals surface area contributed by atoms with Crippen molar-refractivity contribution in [3.8, 4) is 11.1 Å². The van der Waals surface area contributed by atoms with Gasteiger partial charge in [0.05, 0.1) is 0 Å². The molecule has 0 unspecified atom stereocenters. The fourth-order valence-corrected chi connectivity index (χ4v) is 3.67. The van der Waals surface area contributed by atoms with Gasteiger partial charge >= 0.3 is 0 Å². The highest BCUT2D eigenvalue weighted by Crippen LogP contribution is 2.41. The summed E-state index contributed by atoms with van der Waals surface area (Å²) in [4.78, 5) is 8.03.